The largest absolute Gasteiger partial charge is 0.101 e. The van der Waals surface area contributed by atoms with Crippen molar-refractivity contribution in [2.75, 3.05) is 0 Å². The van der Waals surface area contributed by atoms with Gasteiger partial charge in [0.1, 0.15) is 0 Å². The fourth-order valence-corrected chi connectivity index (χ4v) is 1.86. The van der Waals surface area contributed by atoms with Crippen molar-refractivity contribution in [3.8, 4) is 11.8 Å². The third kappa shape index (κ3) is 2.25. The van der Waals surface area contributed by atoms with Crippen molar-refractivity contribution in [3.63, 3.8) is 0 Å². The van der Waals surface area contributed by atoms with Crippen LogP contribution in [0.15, 0.2) is 24.3 Å². The van der Waals surface area contributed by atoms with Crippen LogP contribution in [-0.2, 0) is 0 Å². The Hall–Kier alpha value is -1.00. The van der Waals surface area contributed by atoms with Crippen LogP contribution in [0, 0.1) is 11.8 Å². The van der Waals surface area contributed by atoms with Gasteiger partial charge in [-0.25, -0.2) is 0 Å². The molecule has 0 aliphatic heterocycles. The van der Waals surface area contributed by atoms with E-state index in [1.165, 1.54) is 5.19 Å². The molecular formula is C11H13Si. The third-order valence-electron chi connectivity index (χ3n) is 1.73. The molecule has 1 heteroatoms. The molecule has 0 atom stereocenters. The van der Waals surface area contributed by atoms with E-state index in [1.807, 2.05) is 6.92 Å². The topological polar surface area (TPSA) is 0 Å². The number of hydrogen-bond donors (Lipinski definition) is 0. The van der Waals surface area contributed by atoms with E-state index in [1.54, 1.807) is 0 Å². The highest BCUT2D eigenvalue weighted by Crippen LogP contribution is 1.95. The van der Waals surface area contributed by atoms with Gasteiger partial charge in [0, 0.05) is 5.56 Å². The molecule has 0 aromatic heterocycles. The summed E-state index contributed by atoms with van der Waals surface area (Å²) in [5.74, 6) is 5.93. The predicted octanol–water partition coefficient (Wildman–Crippen LogP) is 2.02. The van der Waals surface area contributed by atoms with E-state index in [4.69, 9.17) is 0 Å². The van der Waals surface area contributed by atoms with Crippen LogP contribution in [0.1, 0.15) is 12.5 Å². The average Bonchev–Trinajstić information content (AvgIpc) is 2.06. The summed E-state index contributed by atoms with van der Waals surface area (Å²) in [6.07, 6.45) is 0. The zero-order valence-electron chi connectivity index (χ0n) is 7.81. The SMILES string of the molecule is CC#Cc1ccc([Si](C)C)cc1. The van der Waals surface area contributed by atoms with E-state index in [9.17, 15) is 0 Å². The van der Waals surface area contributed by atoms with Crippen molar-refractivity contribution in [3.05, 3.63) is 29.8 Å². The molecule has 1 rings (SSSR count). The molecule has 0 aliphatic carbocycles. The first kappa shape index (κ1) is 9.09. The molecule has 12 heavy (non-hydrogen) atoms. The number of hydrogen-bond acceptors (Lipinski definition) is 0. The van der Waals surface area contributed by atoms with Crippen LogP contribution in [0.25, 0.3) is 0 Å². The van der Waals surface area contributed by atoms with Gasteiger partial charge >= 0.3 is 0 Å². The molecule has 1 aromatic carbocycles. The molecule has 0 saturated carbocycles. The Balaban J connectivity index is 2.90. The highest BCUT2D eigenvalue weighted by Gasteiger charge is 1.98. The quantitative estimate of drug-likeness (QED) is 0.450. The summed E-state index contributed by atoms with van der Waals surface area (Å²) in [6, 6.07) is 8.58. The van der Waals surface area contributed by atoms with Gasteiger partial charge in [0.15, 0.2) is 0 Å². The lowest BCUT2D eigenvalue weighted by Crippen LogP contribution is -2.21. The summed E-state index contributed by atoms with van der Waals surface area (Å²) >= 11 is 0. The minimum absolute atomic E-state index is 0.291. The minimum Gasteiger partial charge on any atom is -0.101 e. The van der Waals surface area contributed by atoms with Crippen molar-refractivity contribution in [1.29, 1.82) is 0 Å². The van der Waals surface area contributed by atoms with Crippen LogP contribution >= 0.6 is 0 Å². The maximum absolute atomic E-state index is 3.03. The summed E-state index contributed by atoms with van der Waals surface area (Å²) in [7, 11) is -0.291. The molecule has 0 saturated heterocycles. The molecule has 0 bridgehead atoms. The highest BCUT2D eigenvalue weighted by molar-refractivity contribution is 6.70. The molecule has 0 heterocycles. The van der Waals surface area contributed by atoms with E-state index in [-0.39, 0.29) is 8.80 Å². The van der Waals surface area contributed by atoms with Crippen molar-refractivity contribution in [1.82, 2.24) is 0 Å². The van der Waals surface area contributed by atoms with Crippen molar-refractivity contribution >= 4 is 14.0 Å². The van der Waals surface area contributed by atoms with Crippen molar-refractivity contribution in [2.24, 2.45) is 0 Å². The Kier molecular flexibility index (Phi) is 3.13. The van der Waals surface area contributed by atoms with E-state index >= 15 is 0 Å². The van der Waals surface area contributed by atoms with E-state index in [0.29, 0.717) is 0 Å². The standard InChI is InChI=1S/C11H13Si/c1-4-5-10-6-8-11(9-7-10)12(2)3/h6-9H,1-3H3. The first-order chi connectivity index (χ1) is 5.74. The second kappa shape index (κ2) is 4.13. The van der Waals surface area contributed by atoms with Gasteiger partial charge in [0.2, 0.25) is 0 Å². The van der Waals surface area contributed by atoms with E-state index in [0.717, 1.165) is 5.56 Å². The molecule has 0 fully saturated rings. The Morgan fingerprint density at radius 3 is 2.08 bits per heavy atom. The summed E-state index contributed by atoms with van der Waals surface area (Å²) in [5, 5.41) is 1.47. The molecule has 0 nitrogen and oxygen atoms in total. The van der Waals surface area contributed by atoms with Gasteiger partial charge in [-0.05, 0) is 19.1 Å². The highest BCUT2D eigenvalue weighted by atomic mass is 28.3. The molecule has 0 amide bonds. The average molecular weight is 173 g/mol. The Labute approximate surface area is 76.2 Å². The predicted molar refractivity (Wildman–Crippen MR) is 56.1 cm³/mol. The second-order valence-electron chi connectivity index (χ2n) is 2.95. The van der Waals surface area contributed by atoms with Crippen LogP contribution < -0.4 is 5.19 Å². The number of rotatable bonds is 1. The van der Waals surface area contributed by atoms with Gasteiger partial charge in [-0.15, -0.1) is 5.92 Å². The smallest absolute Gasteiger partial charge is 0.0791 e. The van der Waals surface area contributed by atoms with Crippen LogP contribution in [0.4, 0.5) is 0 Å². The summed E-state index contributed by atoms with van der Waals surface area (Å²) in [6.45, 7) is 6.46. The van der Waals surface area contributed by atoms with Crippen LogP contribution in [0.3, 0.4) is 0 Å². The van der Waals surface area contributed by atoms with Crippen molar-refractivity contribution in [2.45, 2.75) is 20.0 Å². The van der Waals surface area contributed by atoms with Crippen LogP contribution in [0.2, 0.25) is 13.1 Å². The zero-order chi connectivity index (χ0) is 8.97. The van der Waals surface area contributed by atoms with Crippen molar-refractivity contribution < 1.29 is 0 Å². The molecule has 0 aliphatic rings. The number of benzene rings is 1. The second-order valence-corrected chi connectivity index (χ2v) is 5.53. The van der Waals surface area contributed by atoms with Gasteiger partial charge in [0.25, 0.3) is 0 Å². The summed E-state index contributed by atoms with van der Waals surface area (Å²) in [4.78, 5) is 0. The maximum atomic E-state index is 3.03. The molecule has 0 unspecified atom stereocenters. The molecule has 1 aromatic rings. The first-order valence-electron chi connectivity index (χ1n) is 4.07. The maximum Gasteiger partial charge on any atom is 0.0791 e. The molecule has 0 spiro atoms. The lowest BCUT2D eigenvalue weighted by molar-refractivity contribution is 1.67. The first-order valence-corrected chi connectivity index (χ1v) is 6.57. The van der Waals surface area contributed by atoms with Gasteiger partial charge in [-0.3, -0.25) is 0 Å². The van der Waals surface area contributed by atoms with Crippen LogP contribution in [0.5, 0.6) is 0 Å². The van der Waals surface area contributed by atoms with Gasteiger partial charge in [-0.1, -0.05) is 36.3 Å². The third-order valence-corrected chi connectivity index (χ3v) is 3.22. The Morgan fingerprint density at radius 1 is 1.08 bits per heavy atom. The lowest BCUT2D eigenvalue weighted by atomic mass is 10.2. The molecule has 0 N–H and O–H groups in total. The minimum atomic E-state index is -0.291. The van der Waals surface area contributed by atoms with Crippen LogP contribution in [-0.4, -0.2) is 8.80 Å². The van der Waals surface area contributed by atoms with Gasteiger partial charge in [0.05, 0.1) is 8.80 Å². The van der Waals surface area contributed by atoms with Gasteiger partial charge in [-0.2, -0.15) is 0 Å². The fourth-order valence-electron chi connectivity index (χ4n) is 1.03. The fraction of sp³-hybridized carbons (Fsp3) is 0.273. The van der Waals surface area contributed by atoms with E-state index < -0.39 is 0 Å². The van der Waals surface area contributed by atoms with Gasteiger partial charge < -0.3 is 0 Å². The normalized spacial score (nSPS) is 9.33. The van der Waals surface area contributed by atoms with E-state index in [2.05, 4.69) is 49.2 Å². The Morgan fingerprint density at radius 2 is 1.67 bits per heavy atom. The summed E-state index contributed by atoms with van der Waals surface area (Å²) in [5.41, 5.74) is 1.12. The monoisotopic (exact) mass is 173 g/mol. The summed E-state index contributed by atoms with van der Waals surface area (Å²) < 4.78 is 0. The lowest BCUT2D eigenvalue weighted by Gasteiger charge is -2.01. The molecule has 61 valence electrons. The molecular weight excluding hydrogens is 160 g/mol. The zero-order valence-corrected chi connectivity index (χ0v) is 8.81. The Bertz CT molecular complexity index is 298. The molecule has 1 radical (unpaired) electrons.